The van der Waals surface area contributed by atoms with E-state index in [0.717, 1.165) is 35.5 Å². The number of benzene rings is 1. The second kappa shape index (κ2) is 6.12. The highest BCUT2D eigenvalue weighted by Crippen LogP contribution is 2.78. The van der Waals surface area contributed by atoms with Crippen molar-refractivity contribution in [2.75, 3.05) is 0 Å². The maximum Gasteiger partial charge on any atom is -0.00412 e. The minimum Gasteiger partial charge on any atom is -0.0620 e. The van der Waals surface area contributed by atoms with Crippen molar-refractivity contribution in [3.05, 3.63) is 29.3 Å². The van der Waals surface area contributed by atoms with Gasteiger partial charge in [0.15, 0.2) is 0 Å². The Kier molecular flexibility index (Phi) is 3.85. The molecule has 0 amide bonds. The van der Waals surface area contributed by atoms with Gasteiger partial charge in [-0.25, -0.2) is 0 Å². The van der Waals surface area contributed by atoms with Gasteiger partial charge in [-0.1, -0.05) is 26.1 Å². The van der Waals surface area contributed by atoms with Crippen molar-refractivity contribution in [2.45, 2.75) is 101 Å². The third-order valence-electron chi connectivity index (χ3n) is 10.6. The van der Waals surface area contributed by atoms with Crippen LogP contribution >= 0.6 is 7.92 Å². The predicted octanol–water partition coefficient (Wildman–Crippen LogP) is 7.35. The summed E-state index contributed by atoms with van der Waals surface area (Å²) in [6.07, 6.45) is 19.2. The first-order valence-electron chi connectivity index (χ1n) is 12.9. The average molecular weight is 407 g/mol. The van der Waals surface area contributed by atoms with Crippen molar-refractivity contribution in [3.63, 3.8) is 0 Å². The first kappa shape index (κ1) is 18.2. The predicted molar refractivity (Wildman–Crippen MR) is 124 cm³/mol. The quantitative estimate of drug-likeness (QED) is 0.460. The van der Waals surface area contributed by atoms with E-state index in [1.807, 2.05) is 5.30 Å². The fourth-order valence-corrected chi connectivity index (χ4v) is 16.3. The lowest BCUT2D eigenvalue weighted by atomic mass is 9.55. The minimum absolute atomic E-state index is 0.0456. The van der Waals surface area contributed by atoms with Crippen molar-refractivity contribution < 1.29 is 0 Å². The molecule has 0 heterocycles. The summed E-state index contributed by atoms with van der Waals surface area (Å²) in [4.78, 5) is 0. The summed E-state index contributed by atoms with van der Waals surface area (Å²) in [7, 11) is -0.0456. The summed E-state index contributed by atoms with van der Waals surface area (Å²) >= 11 is 0. The molecule has 0 spiro atoms. The minimum atomic E-state index is -0.0456. The first-order chi connectivity index (χ1) is 14.0. The van der Waals surface area contributed by atoms with Crippen LogP contribution in [-0.4, -0.2) is 10.3 Å². The number of hydrogen-bond donors (Lipinski definition) is 0. The van der Waals surface area contributed by atoms with Crippen LogP contribution in [0.2, 0.25) is 0 Å². The molecule has 0 saturated heterocycles. The molecule has 8 fully saturated rings. The zero-order chi connectivity index (χ0) is 19.4. The average Bonchev–Trinajstić information content (AvgIpc) is 2.62. The zero-order valence-corrected chi connectivity index (χ0v) is 19.5. The second-order valence-electron chi connectivity index (χ2n) is 12.9. The lowest BCUT2D eigenvalue weighted by molar-refractivity contribution is 0.0195. The molecule has 8 aliphatic rings. The van der Waals surface area contributed by atoms with Gasteiger partial charge in [-0.3, -0.25) is 0 Å². The summed E-state index contributed by atoms with van der Waals surface area (Å²) in [5.74, 6) is 6.52. The summed E-state index contributed by atoms with van der Waals surface area (Å²) < 4.78 is 0. The van der Waals surface area contributed by atoms with Crippen LogP contribution in [-0.2, 0) is 0 Å². The van der Waals surface area contributed by atoms with Gasteiger partial charge in [-0.15, -0.1) is 0 Å². The van der Waals surface area contributed by atoms with Gasteiger partial charge in [-0.05, 0) is 153 Å². The molecule has 0 nitrogen and oxygen atoms in total. The molecule has 9 rings (SSSR count). The zero-order valence-electron chi connectivity index (χ0n) is 18.6. The molecule has 1 aromatic rings. The van der Waals surface area contributed by atoms with E-state index >= 15 is 0 Å². The summed E-state index contributed by atoms with van der Waals surface area (Å²) in [6, 6.07) is 7.28. The van der Waals surface area contributed by atoms with E-state index in [4.69, 9.17) is 0 Å². The molecule has 1 aromatic carbocycles. The Morgan fingerprint density at radius 1 is 0.586 bits per heavy atom. The molecule has 0 aromatic heterocycles. The van der Waals surface area contributed by atoms with Crippen molar-refractivity contribution >= 4 is 13.2 Å². The highest BCUT2D eigenvalue weighted by atomic mass is 31.1. The van der Waals surface area contributed by atoms with Gasteiger partial charge in [0.2, 0.25) is 0 Å². The van der Waals surface area contributed by atoms with Crippen LogP contribution in [0.3, 0.4) is 0 Å². The van der Waals surface area contributed by atoms with Gasteiger partial charge in [0, 0.05) is 0 Å². The number of hydrogen-bond acceptors (Lipinski definition) is 0. The second-order valence-corrected chi connectivity index (χ2v) is 15.9. The van der Waals surface area contributed by atoms with E-state index in [-0.39, 0.29) is 7.92 Å². The van der Waals surface area contributed by atoms with E-state index in [1.165, 1.54) is 0 Å². The number of rotatable bonds is 3. The van der Waals surface area contributed by atoms with Gasteiger partial charge < -0.3 is 0 Å². The van der Waals surface area contributed by atoms with Gasteiger partial charge in [0.25, 0.3) is 0 Å². The molecule has 0 radical (unpaired) electrons. The highest BCUT2D eigenvalue weighted by Gasteiger charge is 2.63. The summed E-state index contributed by atoms with van der Waals surface area (Å²) in [6.45, 7) is 4.94. The molecule has 8 saturated carbocycles. The van der Waals surface area contributed by atoms with Crippen LogP contribution < -0.4 is 5.30 Å². The SMILES string of the molecule is Cc1cccc(C)c1P(C12CC3CC(CC(C3)C1)C2)C12CC3CC(CC(C3)C1)C2. The topological polar surface area (TPSA) is 0 Å². The number of aryl methyl sites for hydroxylation is 2. The van der Waals surface area contributed by atoms with Crippen LogP contribution in [0.5, 0.6) is 0 Å². The normalized spacial score (nSPS) is 50.3. The van der Waals surface area contributed by atoms with Crippen LogP contribution in [0.1, 0.15) is 88.2 Å². The van der Waals surface area contributed by atoms with Gasteiger partial charge in [-0.2, -0.15) is 0 Å². The Labute approximate surface area is 179 Å². The summed E-state index contributed by atoms with van der Waals surface area (Å²) in [5, 5.41) is 3.34. The van der Waals surface area contributed by atoms with Gasteiger partial charge >= 0.3 is 0 Å². The Morgan fingerprint density at radius 2 is 0.897 bits per heavy atom. The summed E-state index contributed by atoms with van der Waals surface area (Å²) in [5.41, 5.74) is 3.31. The fourth-order valence-electron chi connectivity index (χ4n) is 10.8. The largest absolute Gasteiger partial charge is 0.0620 e. The van der Waals surface area contributed by atoms with Crippen molar-refractivity contribution in [3.8, 4) is 0 Å². The van der Waals surface area contributed by atoms with E-state index in [0.29, 0.717) is 10.3 Å². The lowest BCUT2D eigenvalue weighted by Crippen LogP contribution is -2.58. The smallest absolute Gasteiger partial charge is 0.00412 e. The van der Waals surface area contributed by atoms with E-state index in [1.54, 1.807) is 88.2 Å². The van der Waals surface area contributed by atoms with Gasteiger partial charge in [0.05, 0.1) is 0 Å². The maximum atomic E-state index is 2.47. The van der Waals surface area contributed by atoms with Crippen molar-refractivity contribution in [1.29, 1.82) is 0 Å². The molecule has 0 aliphatic heterocycles. The Morgan fingerprint density at radius 3 is 1.21 bits per heavy atom. The van der Waals surface area contributed by atoms with E-state index in [9.17, 15) is 0 Å². The Hall–Kier alpha value is -0.350. The molecule has 0 N–H and O–H groups in total. The van der Waals surface area contributed by atoms with Crippen molar-refractivity contribution in [2.24, 2.45) is 35.5 Å². The molecule has 29 heavy (non-hydrogen) atoms. The van der Waals surface area contributed by atoms with E-state index < -0.39 is 0 Å². The molecule has 1 heteroatoms. The lowest BCUT2D eigenvalue weighted by Gasteiger charge is -2.68. The molecular formula is C28H39P. The first-order valence-corrected chi connectivity index (χ1v) is 14.2. The van der Waals surface area contributed by atoms with Crippen LogP contribution in [0.15, 0.2) is 18.2 Å². The molecular weight excluding hydrogens is 367 g/mol. The van der Waals surface area contributed by atoms with Gasteiger partial charge in [0.1, 0.15) is 0 Å². The fraction of sp³-hybridized carbons (Fsp3) is 0.786. The molecule has 8 aliphatic carbocycles. The standard InChI is InChI=1S/C28H39P/c1-18-4-3-5-19(2)26(18)29(27-12-20-6-21(13-27)8-22(7-20)14-27)28-15-23-9-24(16-28)11-25(10-23)17-28/h3-5,20-25H,6-17H2,1-2H3. The molecule has 156 valence electrons. The van der Waals surface area contributed by atoms with E-state index in [2.05, 4.69) is 32.0 Å². The molecule has 8 bridgehead atoms. The monoisotopic (exact) mass is 406 g/mol. The van der Waals surface area contributed by atoms with Crippen LogP contribution in [0.25, 0.3) is 0 Å². The third kappa shape index (κ3) is 2.60. The third-order valence-corrected chi connectivity index (χ3v) is 14.8. The van der Waals surface area contributed by atoms with Crippen molar-refractivity contribution in [1.82, 2.24) is 0 Å². The molecule has 0 atom stereocenters. The highest BCUT2D eigenvalue weighted by molar-refractivity contribution is 7.69. The Bertz CT molecular complexity index is 700. The van der Waals surface area contributed by atoms with Crippen LogP contribution in [0.4, 0.5) is 0 Å². The molecule has 0 unspecified atom stereocenters. The maximum absolute atomic E-state index is 2.47. The Balaban J connectivity index is 1.41. The van der Waals surface area contributed by atoms with Crippen LogP contribution in [0, 0.1) is 49.4 Å².